The van der Waals surface area contributed by atoms with Crippen molar-refractivity contribution < 1.29 is 13.2 Å². The van der Waals surface area contributed by atoms with Crippen molar-refractivity contribution in [3.05, 3.63) is 60.2 Å². The van der Waals surface area contributed by atoms with Crippen LogP contribution in [0.15, 0.2) is 59.5 Å². The number of ether oxygens (including phenoxy) is 1. The first-order chi connectivity index (χ1) is 9.53. The Morgan fingerprint density at radius 1 is 1.00 bits per heavy atom. The number of rotatable bonds is 5. The number of nitrogens with one attached hydrogen (secondary N) is 1. The van der Waals surface area contributed by atoms with E-state index in [4.69, 9.17) is 4.74 Å². The molecule has 0 heterocycles. The second-order valence-corrected chi connectivity index (χ2v) is 6.14. The molecule has 0 aliphatic heterocycles. The van der Waals surface area contributed by atoms with Crippen molar-refractivity contribution in [2.24, 2.45) is 0 Å². The van der Waals surface area contributed by atoms with Crippen LogP contribution in [-0.2, 0) is 10.0 Å². The van der Waals surface area contributed by atoms with Crippen molar-refractivity contribution in [3.63, 3.8) is 0 Å². The van der Waals surface area contributed by atoms with Crippen molar-refractivity contribution in [3.8, 4) is 5.75 Å². The van der Waals surface area contributed by atoms with Crippen molar-refractivity contribution in [2.75, 3.05) is 7.11 Å². The van der Waals surface area contributed by atoms with E-state index in [0.29, 0.717) is 0 Å². The van der Waals surface area contributed by atoms with Gasteiger partial charge in [-0.05, 0) is 36.8 Å². The van der Waals surface area contributed by atoms with Crippen LogP contribution in [0.25, 0.3) is 0 Å². The molecular formula is C15H17NO3S. The van der Waals surface area contributed by atoms with E-state index < -0.39 is 10.0 Å². The minimum absolute atomic E-state index is 0.264. The number of hydrogen-bond acceptors (Lipinski definition) is 3. The van der Waals surface area contributed by atoms with E-state index in [9.17, 15) is 8.42 Å². The summed E-state index contributed by atoms with van der Waals surface area (Å²) in [5, 5.41) is 0. The Kier molecular flexibility index (Phi) is 4.42. The van der Waals surface area contributed by atoms with Crippen LogP contribution in [0.3, 0.4) is 0 Å². The Morgan fingerprint density at radius 3 is 2.15 bits per heavy atom. The van der Waals surface area contributed by atoms with E-state index in [1.165, 1.54) is 0 Å². The molecule has 0 aromatic heterocycles. The van der Waals surface area contributed by atoms with Crippen molar-refractivity contribution in [2.45, 2.75) is 17.9 Å². The Morgan fingerprint density at radius 2 is 1.60 bits per heavy atom. The second-order valence-electron chi connectivity index (χ2n) is 4.43. The second kappa shape index (κ2) is 6.07. The van der Waals surface area contributed by atoms with Crippen LogP contribution in [0.2, 0.25) is 0 Å². The highest BCUT2D eigenvalue weighted by molar-refractivity contribution is 7.89. The number of methoxy groups -OCH3 is 1. The van der Waals surface area contributed by atoms with Crippen molar-refractivity contribution in [1.29, 1.82) is 0 Å². The molecule has 1 atom stereocenters. The zero-order valence-corrected chi connectivity index (χ0v) is 12.2. The normalized spacial score (nSPS) is 12.9. The van der Waals surface area contributed by atoms with Gasteiger partial charge in [-0.25, -0.2) is 13.1 Å². The molecule has 0 amide bonds. The van der Waals surface area contributed by atoms with Gasteiger partial charge in [0.05, 0.1) is 12.0 Å². The van der Waals surface area contributed by atoms with Gasteiger partial charge in [-0.2, -0.15) is 0 Å². The average molecular weight is 291 g/mol. The smallest absolute Gasteiger partial charge is 0.241 e. The van der Waals surface area contributed by atoms with Crippen molar-refractivity contribution >= 4 is 10.0 Å². The van der Waals surface area contributed by atoms with E-state index in [0.717, 1.165) is 11.3 Å². The van der Waals surface area contributed by atoms with Crippen molar-refractivity contribution in [1.82, 2.24) is 4.72 Å². The van der Waals surface area contributed by atoms with Crippen LogP contribution in [0.5, 0.6) is 5.75 Å². The van der Waals surface area contributed by atoms with Crippen LogP contribution in [0.4, 0.5) is 0 Å². The average Bonchev–Trinajstić information content (AvgIpc) is 2.48. The lowest BCUT2D eigenvalue weighted by Crippen LogP contribution is -2.26. The monoisotopic (exact) mass is 291 g/mol. The Labute approximate surface area is 119 Å². The van der Waals surface area contributed by atoms with Gasteiger partial charge in [0.15, 0.2) is 0 Å². The maximum atomic E-state index is 12.2. The van der Waals surface area contributed by atoms with Gasteiger partial charge < -0.3 is 4.74 Å². The maximum absolute atomic E-state index is 12.2. The van der Waals surface area contributed by atoms with Crippen LogP contribution >= 0.6 is 0 Å². The minimum Gasteiger partial charge on any atom is -0.497 e. The summed E-state index contributed by atoms with van der Waals surface area (Å²) in [5.41, 5.74) is 0.880. The molecule has 2 aromatic carbocycles. The topological polar surface area (TPSA) is 55.4 Å². The third-order valence-corrected chi connectivity index (χ3v) is 4.56. The highest BCUT2D eigenvalue weighted by Gasteiger charge is 2.17. The van der Waals surface area contributed by atoms with Gasteiger partial charge in [0, 0.05) is 6.04 Å². The first-order valence-corrected chi connectivity index (χ1v) is 7.72. The molecule has 0 spiro atoms. The summed E-state index contributed by atoms with van der Waals surface area (Å²) in [6.45, 7) is 1.81. The third kappa shape index (κ3) is 3.37. The maximum Gasteiger partial charge on any atom is 0.241 e. The third-order valence-electron chi connectivity index (χ3n) is 3.00. The molecule has 1 N–H and O–H groups in total. The molecular weight excluding hydrogens is 274 g/mol. The van der Waals surface area contributed by atoms with Gasteiger partial charge in [-0.1, -0.05) is 30.3 Å². The predicted octanol–water partition coefficient (Wildman–Crippen LogP) is 2.73. The lowest BCUT2D eigenvalue weighted by molar-refractivity contribution is 0.414. The molecule has 0 bridgehead atoms. The molecule has 0 unspecified atom stereocenters. The molecule has 0 saturated heterocycles. The zero-order valence-electron chi connectivity index (χ0n) is 11.4. The molecule has 2 aromatic rings. The zero-order chi connectivity index (χ0) is 14.6. The summed E-state index contributed by atoms with van der Waals surface area (Å²) in [6.07, 6.45) is 0. The predicted molar refractivity (Wildman–Crippen MR) is 78.2 cm³/mol. The summed E-state index contributed by atoms with van der Waals surface area (Å²) in [7, 11) is -1.91. The molecule has 2 rings (SSSR count). The van der Waals surface area contributed by atoms with E-state index in [2.05, 4.69) is 4.72 Å². The molecule has 0 radical (unpaired) electrons. The van der Waals surface area contributed by atoms with E-state index in [-0.39, 0.29) is 10.9 Å². The fraction of sp³-hybridized carbons (Fsp3) is 0.200. The molecule has 20 heavy (non-hydrogen) atoms. The Bertz CT molecular complexity index is 651. The lowest BCUT2D eigenvalue weighted by Gasteiger charge is -2.15. The molecule has 0 saturated carbocycles. The SMILES string of the molecule is COc1ccc([C@@H](C)NS(=O)(=O)c2ccccc2)cc1. The number of hydrogen-bond donors (Lipinski definition) is 1. The summed E-state index contributed by atoms with van der Waals surface area (Å²) in [4.78, 5) is 0.264. The van der Waals surface area contributed by atoms with Gasteiger partial charge in [0.25, 0.3) is 0 Å². The molecule has 106 valence electrons. The fourth-order valence-electron chi connectivity index (χ4n) is 1.86. The molecule has 4 nitrogen and oxygen atoms in total. The van der Waals surface area contributed by atoms with Gasteiger partial charge in [-0.15, -0.1) is 0 Å². The first kappa shape index (κ1) is 14.6. The van der Waals surface area contributed by atoms with Crippen LogP contribution < -0.4 is 9.46 Å². The number of sulfonamides is 1. The quantitative estimate of drug-likeness (QED) is 0.921. The summed E-state index contributed by atoms with van der Waals surface area (Å²) in [5.74, 6) is 0.742. The molecule has 5 heteroatoms. The van der Waals surface area contributed by atoms with E-state index >= 15 is 0 Å². The Balaban J connectivity index is 2.16. The summed E-state index contributed by atoms with van der Waals surface area (Å²) in [6, 6.07) is 15.3. The molecule has 0 fully saturated rings. The van der Waals surface area contributed by atoms with Crippen LogP contribution in [-0.4, -0.2) is 15.5 Å². The fourth-order valence-corrected chi connectivity index (χ4v) is 3.11. The Hall–Kier alpha value is -1.85. The van der Waals surface area contributed by atoms with Gasteiger partial charge in [-0.3, -0.25) is 0 Å². The summed E-state index contributed by atoms with van der Waals surface area (Å²) >= 11 is 0. The van der Waals surface area contributed by atoms with Crippen LogP contribution in [0, 0.1) is 0 Å². The van der Waals surface area contributed by atoms with E-state index in [1.54, 1.807) is 37.4 Å². The lowest BCUT2D eigenvalue weighted by atomic mass is 10.1. The van der Waals surface area contributed by atoms with Gasteiger partial charge >= 0.3 is 0 Å². The molecule has 0 aliphatic carbocycles. The first-order valence-electron chi connectivity index (χ1n) is 6.24. The highest BCUT2D eigenvalue weighted by Crippen LogP contribution is 2.19. The minimum atomic E-state index is -3.50. The summed E-state index contributed by atoms with van der Waals surface area (Å²) < 4.78 is 32.1. The van der Waals surface area contributed by atoms with Crippen LogP contribution in [0.1, 0.15) is 18.5 Å². The highest BCUT2D eigenvalue weighted by atomic mass is 32.2. The number of benzene rings is 2. The standard InChI is InChI=1S/C15H17NO3S/c1-12(13-8-10-14(19-2)11-9-13)16-20(17,18)15-6-4-3-5-7-15/h3-12,16H,1-2H3/t12-/m1/s1. The van der Waals surface area contributed by atoms with Gasteiger partial charge in [0.1, 0.15) is 5.75 Å². The van der Waals surface area contributed by atoms with Gasteiger partial charge in [0.2, 0.25) is 10.0 Å². The molecule has 0 aliphatic rings. The largest absolute Gasteiger partial charge is 0.497 e. The van der Waals surface area contributed by atoms with E-state index in [1.807, 2.05) is 31.2 Å².